The normalized spacial score (nSPS) is 13.8. The molecule has 14 heteroatoms. The summed E-state index contributed by atoms with van der Waals surface area (Å²) >= 11 is 8.81. The topological polar surface area (TPSA) is 106 Å². The Kier molecular flexibility index (Phi) is 13.4. The van der Waals surface area contributed by atoms with Crippen molar-refractivity contribution in [1.29, 1.82) is 0 Å². The monoisotopic (exact) mass is 1110 g/mol. The van der Waals surface area contributed by atoms with Crippen molar-refractivity contribution in [2.45, 2.75) is 38.9 Å². The number of imidazole rings is 2. The van der Waals surface area contributed by atoms with Gasteiger partial charge in [-0.05, 0) is 161 Å². The van der Waals surface area contributed by atoms with Crippen LogP contribution in [-0.2, 0) is 9.31 Å². The van der Waals surface area contributed by atoms with E-state index in [-0.39, 0.29) is 11.2 Å². The van der Waals surface area contributed by atoms with Gasteiger partial charge in [-0.15, -0.1) is 0 Å². The molecule has 0 N–H and O–H groups in total. The van der Waals surface area contributed by atoms with Crippen molar-refractivity contribution in [3.05, 3.63) is 195 Å². The van der Waals surface area contributed by atoms with Gasteiger partial charge in [0.15, 0.2) is 11.6 Å². The standard InChI is InChI=1S/C24H24BN3O2.C23H15BrN4.C5H3BrIN/c1-23(2)24(3,4)30-25(29-23)17-14-15-20(26-16-17)22-27-19-12-8-9-13-21(19)28(22)18-10-6-5-7-11-18;24-22-13-11-17(15-26-22)16-10-12-20(25-14-16)23-27-19-8-4-5-9-21(19)28(23)18-6-2-1-3-7-18;6-5-2-1-4(7)3-8-5/h5-16H,1-4H3;1-15H;1-3H. The second-order valence-corrected chi connectivity index (χ2v) is 19.2. The molecule has 1 aliphatic rings. The molecule has 0 atom stereocenters. The smallest absolute Gasteiger partial charge is 0.399 e. The molecule has 1 fully saturated rings. The zero-order valence-electron chi connectivity index (χ0n) is 36.4. The lowest BCUT2D eigenvalue weighted by Gasteiger charge is -2.32. The highest BCUT2D eigenvalue weighted by atomic mass is 127. The number of pyridine rings is 4. The quantitative estimate of drug-likeness (QED) is 0.0921. The first kappa shape index (κ1) is 45.3. The largest absolute Gasteiger partial charge is 0.496 e. The van der Waals surface area contributed by atoms with Crippen LogP contribution in [0.5, 0.6) is 0 Å². The van der Waals surface area contributed by atoms with Crippen LogP contribution in [0.15, 0.2) is 192 Å². The van der Waals surface area contributed by atoms with Gasteiger partial charge in [-0.1, -0.05) is 78.9 Å². The van der Waals surface area contributed by atoms with E-state index < -0.39 is 7.12 Å². The Balaban J connectivity index is 0.000000142. The molecular formula is C52H42BBr2IN8O2. The summed E-state index contributed by atoms with van der Waals surface area (Å²) < 4.78 is 19.5. The Morgan fingerprint density at radius 2 is 0.909 bits per heavy atom. The molecule has 1 saturated heterocycles. The highest BCUT2D eigenvalue weighted by Crippen LogP contribution is 2.37. The number of rotatable bonds is 6. The van der Waals surface area contributed by atoms with Crippen LogP contribution >= 0.6 is 54.5 Å². The molecule has 66 heavy (non-hydrogen) atoms. The van der Waals surface area contributed by atoms with Crippen LogP contribution < -0.4 is 5.46 Å². The Morgan fingerprint density at radius 3 is 1.33 bits per heavy atom. The first-order valence-electron chi connectivity index (χ1n) is 21.2. The molecule has 0 bridgehead atoms. The number of hydrogen-bond acceptors (Lipinski definition) is 8. The number of nitrogens with zero attached hydrogens (tertiary/aromatic N) is 8. The molecule has 0 unspecified atom stereocenters. The molecule has 0 radical (unpaired) electrons. The van der Waals surface area contributed by atoms with Crippen molar-refractivity contribution in [3.63, 3.8) is 0 Å². The summed E-state index contributed by atoms with van der Waals surface area (Å²) in [5.74, 6) is 1.63. The number of benzene rings is 4. The fraction of sp³-hybridized carbons (Fsp3) is 0.115. The summed E-state index contributed by atoms with van der Waals surface area (Å²) in [5, 5.41) is 0. The van der Waals surface area contributed by atoms with Gasteiger partial charge in [0.05, 0.1) is 33.3 Å². The van der Waals surface area contributed by atoms with Gasteiger partial charge in [0.25, 0.3) is 0 Å². The van der Waals surface area contributed by atoms with Crippen molar-refractivity contribution in [1.82, 2.24) is 39.0 Å². The van der Waals surface area contributed by atoms with Crippen LogP contribution in [0.3, 0.4) is 0 Å². The van der Waals surface area contributed by atoms with Gasteiger partial charge in [-0.2, -0.15) is 0 Å². The summed E-state index contributed by atoms with van der Waals surface area (Å²) in [6, 6.07) is 52.7. The summed E-state index contributed by atoms with van der Waals surface area (Å²) in [7, 11) is -0.426. The Hall–Kier alpha value is -5.91. The van der Waals surface area contributed by atoms with Crippen molar-refractivity contribution >= 4 is 89.1 Å². The van der Waals surface area contributed by atoms with E-state index in [0.717, 1.165) is 85.8 Å². The van der Waals surface area contributed by atoms with Crippen molar-refractivity contribution in [2.24, 2.45) is 0 Å². The fourth-order valence-corrected chi connectivity index (χ4v) is 8.12. The molecule has 4 aromatic carbocycles. The molecule has 0 saturated carbocycles. The predicted octanol–water partition coefficient (Wildman–Crippen LogP) is 12.7. The minimum atomic E-state index is -0.426. The van der Waals surface area contributed by atoms with Gasteiger partial charge in [-0.25, -0.2) is 19.9 Å². The van der Waals surface area contributed by atoms with E-state index >= 15 is 0 Å². The molecule has 0 spiro atoms. The van der Waals surface area contributed by atoms with Crippen LogP contribution in [0.25, 0.3) is 67.6 Å². The molecular weight excluding hydrogens is 1070 g/mol. The summed E-state index contributed by atoms with van der Waals surface area (Å²) in [5.41, 5.74) is 9.94. The van der Waals surface area contributed by atoms with Crippen LogP contribution in [0.2, 0.25) is 0 Å². The van der Waals surface area contributed by atoms with Gasteiger partial charge in [0, 0.05) is 56.3 Å². The van der Waals surface area contributed by atoms with Crippen LogP contribution in [0.1, 0.15) is 27.7 Å². The fourth-order valence-electron chi connectivity index (χ4n) is 7.33. The van der Waals surface area contributed by atoms with Crippen molar-refractivity contribution < 1.29 is 9.31 Å². The zero-order chi connectivity index (χ0) is 45.8. The maximum absolute atomic E-state index is 6.15. The molecule has 1 aliphatic heterocycles. The van der Waals surface area contributed by atoms with E-state index in [1.54, 1.807) is 0 Å². The van der Waals surface area contributed by atoms with Crippen molar-refractivity contribution in [3.8, 4) is 45.5 Å². The Bertz CT molecular complexity index is 3190. The third-order valence-corrected chi connectivity index (χ3v) is 13.0. The van der Waals surface area contributed by atoms with E-state index in [1.165, 1.54) is 0 Å². The lowest BCUT2D eigenvalue weighted by Crippen LogP contribution is -2.41. The SMILES string of the molecule is Brc1ccc(-c2ccc(-c3nc4ccccc4n3-c3ccccc3)nc2)cn1.Brc1ccc(I)cn1.CC1(C)OB(c2ccc(-c3nc4ccccc4n3-c3ccccc3)nc2)OC1(C)C. The first-order valence-corrected chi connectivity index (χ1v) is 23.8. The molecule has 7 heterocycles. The molecule has 326 valence electrons. The highest BCUT2D eigenvalue weighted by molar-refractivity contribution is 14.1. The zero-order valence-corrected chi connectivity index (χ0v) is 41.8. The van der Waals surface area contributed by atoms with E-state index in [2.05, 4.69) is 144 Å². The molecule has 11 rings (SSSR count). The van der Waals surface area contributed by atoms with Crippen LogP contribution in [-0.4, -0.2) is 57.4 Å². The third-order valence-electron chi connectivity index (χ3n) is 11.4. The van der Waals surface area contributed by atoms with E-state index in [4.69, 9.17) is 29.2 Å². The summed E-state index contributed by atoms with van der Waals surface area (Å²) in [6.07, 6.45) is 7.34. The van der Waals surface area contributed by atoms with E-state index in [1.807, 2.05) is 140 Å². The number of halogens is 3. The number of para-hydroxylation sites is 6. The van der Waals surface area contributed by atoms with Gasteiger partial charge in [0.2, 0.25) is 0 Å². The number of aromatic nitrogens is 8. The maximum Gasteiger partial charge on any atom is 0.496 e. The molecule has 6 aromatic heterocycles. The lowest BCUT2D eigenvalue weighted by molar-refractivity contribution is 0.00578. The molecule has 10 aromatic rings. The summed E-state index contributed by atoms with van der Waals surface area (Å²) in [4.78, 5) is 27.4. The Labute approximate surface area is 414 Å². The predicted molar refractivity (Wildman–Crippen MR) is 280 cm³/mol. The first-order chi connectivity index (χ1) is 31.9. The second-order valence-electron chi connectivity index (χ2n) is 16.4. The van der Waals surface area contributed by atoms with Crippen LogP contribution in [0.4, 0.5) is 0 Å². The average molecular weight is 1110 g/mol. The summed E-state index contributed by atoms with van der Waals surface area (Å²) in [6.45, 7) is 8.21. The maximum atomic E-state index is 6.15. The lowest BCUT2D eigenvalue weighted by atomic mass is 9.80. The highest BCUT2D eigenvalue weighted by Gasteiger charge is 2.51. The van der Waals surface area contributed by atoms with E-state index in [0.29, 0.717) is 0 Å². The van der Waals surface area contributed by atoms with Gasteiger partial charge >= 0.3 is 7.12 Å². The molecule has 0 aliphatic carbocycles. The van der Waals surface area contributed by atoms with E-state index in [9.17, 15) is 0 Å². The minimum Gasteiger partial charge on any atom is -0.399 e. The number of hydrogen-bond donors (Lipinski definition) is 0. The van der Waals surface area contributed by atoms with Gasteiger partial charge in [-0.3, -0.25) is 19.1 Å². The average Bonchev–Trinajstić information content (AvgIpc) is 4.00. The van der Waals surface area contributed by atoms with Crippen LogP contribution in [0, 0.1) is 3.57 Å². The van der Waals surface area contributed by atoms with Crippen molar-refractivity contribution in [2.75, 3.05) is 0 Å². The second kappa shape index (κ2) is 19.5. The van der Waals surface area contributed by atoms with Gasteiger partial charge < -0.3 is 9.31 Å². The molecule has 0 amide bonds. The van der Waals surface area contributed by atoms with Gasteiger partial charge in [0.1, 0.15) is 20.6 Å². The third kappa shape index (κ3) is 9.79. The minimum absolute atomic E-state index is 0.377. The number of fused-ring (bicyclic) bond motifs is 2. The Morgan fingerprint density at radius 1 is 0.470 bits per heavy atom. The molecule has 10 nitrogen and oxygen atoms in total.